The Kier molecular flexibility index (Phi) is 4.80. The molecule has 26 heavy (non-hydrogen) atoms. The zero-order valence-electron chi connectivity index (χ0n) is 13.9. The van der Waals surface area contributed by atoms with Gasteiger partial charge in [-0.25, -0.2) is 9.37 Å². The summed E-state index contributed by atoms with van der Waals surface area (Å²) in [5, 5.41) is 7.59. The van der Waals surface area contributed by atoms with Crippen molar-refractivity contribution < 1.29 is 4.39 Å². The second-order valence-corrected chi connectivity index (χ2v) is 6.74. The van der Waals surface area contributed by atoms with Crippen LogP contribution in [-0.2, 0) is 5.75 Å². The largest absolute Gasteiger partial charge is 0.258 e. The number of halogens is 1. The minimum absolute atomic E-state index is 0.309. The molecular weight excluding hydrogens is 345 g/mol. The van der Waals surface area contributed by atoms with Crippen molar-refractivity contribution in [3.8, 4) is 22.5 Å². The first-order valence-electron chi connectivity index (χ1n) is 8.24. The first kappa shape index (κ1) is 16.5. The zero-order chi connectivity index (χ0) is 17.8. The van der Waals surface area contributed by atoms with Crippen LogP contribution >= 0.6 is 11.8 Å². The summed E-state index contributed by atoms with van der Waals surface area (Å²) in [7, 11) is 0. The minimum Gasteiger partial charge on any atom is -0.258 e. The SMILES string of the molecule is Fc1ccccc1-c1nc(SCc2ccc(-c3ccccc3)cc2)n[nH]1. The Morgan fingerprint density at radius 2 is 1.50 bits per heavy atom. The second kappa shape index (κ2) is 7.54. The van der Waals surface area contributed by atoms with Crippen LogP contribution in [0.4, 0.5) is 4.39 Å². The summed E-state index contributed by atoms with van der Waals surface area (Å²) in [5.41, 5.74) is 4.01. The van der Waals surface area contributed by atoms with Crippen molar-refractivity contribution in [2.45, 2.75) is 10.9 Å². The highest BCUT2D eigenvalue weighted by Crippen LogP contribution is 2.25. The monoisotopic (exact) mass is 361 g/mol. The fraction of sp³-hybridized carbons (Fsp3) is 0.0476. The van der Waals surface area contributed by atoms with Gasteiger partial charge in [-0.05, 0) is 28.8 Å². The van der Waals surface area contributed by atoms with Gasteiger partial charge in [0.2, 0.25) is 5.16 Å². The van der Waals surface area contributed by atoms with Crippen LogP contribution < -0.4 is 0 Å². The maximum atomic E-state index is 13.8. The van der Waals surface area contributed by atoms with E-state index < -0.39 is 0 Å². The third-order valence-corrected chi connectivity index (χ3v) is 4.94. The molecule has 1 aromatic heterocycles. The van der Waals surface area contributed by atoms with Gasteiger partial charge in [0.25, 0.3) is 0 Å². The fourth-order valence-corrected chi connectivity index (χ4v) is 3.41. The molecule has 0 aliphatic rings. The lowest BCUT2D eigenvalue weighted by Crippen LogP contribution is -1.85. The Morgan fingerprint density at radius 1 is 0.808 bits per heavy atom. The predicted molar refractivity (Wildman–Crippen MR) is 103 cm³/mol. The van der Waals surface area contributed by atoms with E-state index in [1.807, 2.05) is 18.2 Å². The number of aromatic nitrogens is 3. The third-order valence-electron chi connectivity index (χ3n) is 4.02. The molecule has 0 aliphatic heterocycles. The number of thioether (sulfide) groups is 1. The number of nitrogens with zero attached hydrogens (tertiary/aromatic N) is 2. The van der Waals surface area contributed by atoms with E-state index in [9.17, 15) is 4.39 Å². The van der Waals surface area contributed by atoms with E-state index in [1.165, 1.54) is 34.5 Å². The van der Waals surface area contributed by atoms with Crippen molar-refractivity contribution in [1.29, 1.82) is 0 Å². The highest BCUT2D eigenvalue weighted by Gasteiger charge is 2.10. The van der Waals surface area contributed by atoms with Gasteiger partial charge in [-0.3, -0.25) is 5.10 Å². The molecule has 0 saturated carbocycles. The highest BCUT2D eigenvalue weighted by molar-refractivity contribution is 7.98. The molecule has 0 radical (unpaired) electrons. The van der Waals surface area contributed by atoms with Crippen LogP contribution in [-0.4, -0.2) is 15.2 Å². The first-order chi connectivity index (χ1) is 12.8. The average Bonchev–Trinajstić information content (AvgIpc) is 3.17. The van der Waals surface area contributed by atoms with Crippen molar-refractivity contribution in [2.24, 2.45) is 0 Å². The number of hydrogen-bond donors (Lipinski definition) is 1. The summed E-state index contributed by atoms with van der Waals surface area (Å²) in [5.74, 6) is 0.894. The van der Waals surface area contributed by atoms with Crippen LogP contribution in [0.25, 0.3) is 22.5 Å². The van der Waals surface area contributed by atoms with E-state index in [0.717, 1.165) is 5.75 Å². The summed E-state index contributed by atoms with van der Waals surface area (Å²) >= 11 is 1.52. The molecular formula is C21H16FN3S. The van der Waals surface area contributed by atoms with Crippen LogP contribution in [0.3, 0.4) is 0 Å². The number of aromatic amines is 1. The van der Waals surface area contributed by atoms with Crippen LogP contribution in [0.1, 0.15) is 5.56 Å². The van der Waals surface area contributed by atoms with Crippen LogP contribution in [0.2, 0.25) is 0 Å². The number of hydrogen-bond acceptors (Lipinski definition) is 3. The Balaban J connectivity index is 1.43. The molecule has 3 nitrogen and oxygen atoms in total. The van der Waals surface area contributed by atoms with Crippen molar-refractivity contribution >= 4 is 11.8 Å². The number of H-pyrrole nitrogens is 1. The number of nitrogens with one attached hydrogen (secondary N) is 1. The van der Waals surface area contributed by atoms with E-state index in [0.29, 0.717) is 16.5 Å². The molecule has 0 atom stereocenters. The van der Waals surface area contributed by atoms with Gasteiger partial charge in [-0.1, -0.05) is 78.5 Å². The molecule has 4 rings (SSSR count). The molecule has 0 amide bonds. The van der Waals surface area contributed by atoms with E-state index in [-0.39, 0.29) is 5.82 Å². The van der Waals surface area contributed by atoms with Crippen molar-refractivity contribution in [3.05, 3.63) is 90.2 Å². The predicted octanol–water partition coefficient (Wildman–Crippen LogP) is 5.57. The van der Waals surface area contributed by atoms with Gasteiger partial charge in [-0.2, -0.15) is 0 Å². The van der Waals surface area contributed by atoms with E-state index in [1.54, 1.807) is 18.2 Å². The van der Waals surface area contributed by atoms with Gasteiger partial charge in [-0.15, -0.1) is 5.10 Å². The lowest BCUT2D eigenvalue weighted by atomic mass is 10.0. The molecule has 0 spiro atoms. The highest BCUT2D eigenvalue weighted by atomic mass is 32.2. The summed E-state index contributed by atoms with van der Waals surface area (Å²) in [4.78, 5) is 4.38. The minimum atomic E-state index is -0.309. The Bertz CT molecular complexity index is 997. The summed E-state index contributed by atoms with van der Waals surface area (Å²) in [6, 6.07) is 25.3. The topological polar surface area (TPSA) is 41.6 Å². The van der Waals surface area contributed by atoms with Crippen molar-refractivity contribution in [3.63, 3.8) is 0 Å². The fourth-order valence-electron chi connectivity index (χ4n) is 2.66. The molecule has 5 heteroatoms. The van der Waals surface area contributed by atoms with E-state index in [4.69, 9.17) is 0 Å². The molecule has 0 unspecified atom stereocenters. The van der Waals surface area contributed by atoms with Crippen molar-refractivity contribution in [1.82, 2.24) is 15.2 Å². The van der Waals surface area contributed by atoms with Gasteiger partial charge in [0, 0.05) is 5.75 Å². The first-order valence-corrected chi connectivity index (χ1v) is 9.22. The molecule has 0 aliphatic carbocycles. The van der Waals surface area contributed by atoms with Crippen LogP contribution in [0, 0.1) is 5.82 Å². The van der Waals surface area contributed by atoms with Crippen LogP contribution in [0.15, 0.2) is 84.0 Å². The zero-order valence-corrected chi connectivity index (χ0v) is 14.7. The maximum absolute atomic E-state index is 13.8. The van der Waals surface area contributed by atoms with Crippen molar-refractivity contribution in [2.75, 3.05) is 0 Å². The van der Waals surface area contributed by atoms with E-state index in [2.05, 4.69) is 51.6 Å². The molecule has 128 valence electrons. The lowest BCUT2D eigenvalue weighted by molar-refractivity contribution is 0.630. The van der Waals surface area contributed by atoms with Gasteiger partial charge in [0.05, 0.1) is 5.56 Å². The number of rotatable bonds is 5. The average molecular weight is 361 g/mol. The van der Waals surface area contributed by atoms with Gasteiger partial charge in [0.1, 0.15) is 5.82 Å². The maximum Gasteiger partial charge on any atom is 0.209 e. The Hall–Kier alpha value is -2.92. The van der Waals surface area contributed by atoms with Gasteiger partial charge < -0.3 is 0 Å². The summed E-state index contributed by atoms with van der Waals surface area (Å²) in [6.07, 6.45) is 0. The molecule has 0 saturated heterocycles. The van der Waals surface area contributed by atoms with Gasteiger partial charge in [0.15, 0.2) is 5.82 Å². The quantitative estimate of drug-likeness (QED) is 0.473. The number of benzene rings is 3. The third kappa shape index (κ3) is 3.68. The van der Waals surface area contributed by atoms with Crippen LogP contribution in [0.5, 0.6) is 0 Å². The van der Waals surface area contributed by atoms with E-state index >= 15 is 0 Å². The van der Waals surface area contributed by atoms with Gasteiger partial charge >= 0.3 is 0 Å². The Morgan fingerprint density at radius 3 is 2.27 bits per heavy atom. The Labute approximate surface area is 155 Å². The normalized spacial score (nSPS) is 10.8. The molecule has 1 N–H and O–H groups in total. The second-order valence-electron chi connectivity index (χ2n) is 5.80. The molecule has 0 bridgehead atoms. The standard InChI is InChI=1S/C21H16FN3S/c22-19-9-5-4-8-18(19)20-23-21(25-24-20)26-14-15-10-12-17(13-11-15)16-6-2-1-3-7-16/h1-13H,14H2,(H,23,24,25). The molecule has 3 aromatic carbocycles. The summed E-state index contributed by atoms with van der Waals surface area (Å²) in [6.45, 7) is 0. The smallest absolute Gasteiger partial charge is 0.209 e. The molecule has 0 fully saturated rings. The summed E-state index contributed by atoms with van der Waals surface area (Å²) < 4.78 is 13.8. The molecule has 1 heterocycles. The molecule has 4 aromatic rings. The lowest BCUT2D eigenvalue weighted by Gasteiger charge is -2.03.